The lowest BCUT2D eigenvalue weighted by Gasteiger charge is -2.14. The van der Waals surface area contributed by atoms with Crippen molar-refractivity contribution in [1.82, 2.24) is 4.31 Å². The molecule has 1 aliphatic heterocycles. The molecule has 0 atom stereocenters. The second-order valence-corrected chi connectivity index (χ2v) is 9.03. The predicted molar refractivity (Wildman–Crippen MR) is 78.0 cm³/mol. The van der Waals surface area contributed by atoms with Crippen LogP contribution in [0.3, 0.4) is 0 Å². The highest BCUT2D eigenvalue weighted by atomic mass is 32.2. The number of rotatable bonds is 5. The van der Waals surface area contributed by atoms with Crippen molar-refractivity contribution in [1.29, 1.82) is 0 Å². The Morgan fingerprint density at radius 3 is 2.57 bits per heavy atom. The molecule has 0 saturated carbocycles. The third-order valence-electron chi connectivity index (χ3n) is 3.29. The minimum absolute atomic E-state index is 0.00947. The maximum Gasteiger partial charge on any atom is 0.269 e. The molecular formula is C12H16N2O5S2. The summed E-state index contributed by atoms with van der Waals surface area (Å²) in [7, 11) is -7.13. The number of nitrogens with zero attached hydrogens (tertiary/aromatic N) is 1. The average Bonchev–Trinajstić information content (AvgIpc) is 2.59. The van der Waals surface area contributed by atoms with Gasteiger partial charge in [-0.15, -0.1) is 0 Å². The van der Waals surface area contributed by atoms with Gasteiger partial charge in [-0.3, -0.25) is 4.79 Å². The lowest BCUT2D eigenvalue weighted by molar-refractivity contribution is 0.0871. The summed E-state index contributed by atoms with van der Waals surface area (Å²) in [6.07, 6.45) is 0.0740. The quantitative estimate of drug-likeness (QED) is 0.772. The molecule has 0 aliphatic carbocycles. The van der Waals surface area contributed by atoms with Gasteiger partial charge in [0.25, 0.3) is 15.9 Å². The second-order valence-electron chi connectivity index (χ2n) is 4.73. The fourth-order valence-electron chi connectivity index (χ4n) is 2.09. The summed E-state index contributed by atoms with van der Waals surface area (Å²) in [6, 6.07) is 4.07. The molecule has 2 rings (SSSR count). The molecule has 0 aromatic heterocycles. The molecule has 9 heteroatoms. The van der Waals surface area contributed by atoms with Crippen LogP contribution < -0.4 is 5.73 Å². The van der Waals surface area contributed by atoms with Gasteiger partial charge in [-0.1, -0.05) is 6.92 Å². The highest BCUT2D eigenvalue weighted by Gasteiger charge is 2.40. The molecule has 116 valence electrons. The maximum atomic E-state index is 12.3. The van der Waals surface area contributed by atoms with Crippen LogP contribution >= 0.6 is 0 Å². The Morgan fingerprint density at radius 2 is 1.95 bits per heavy atom. The van der Waals surface area contributed by atoms with Crippen molar-refractivity contribution in [2.45, 2.75) is 18.2 Å². The Kier molecular flexibility index (Phi) is 3.98. The van der Waals surface area contributed by atoms with Crippen LogP contribution in [0.25, 0.3) is 0 Å². The first-order valence-corrected chi connectivity index (χ1v) is 9.62. The van der Waals surface area contributed by atoms with Gasteiger partial charge < -0.3 is 5.73 Å². The van der Waals surface area contributed by atoms with Gasteiger partial charge in [-0.25, -0.2) is 21.1 Å². The number of nitrogens with two attached hydrogens (primary N) is 1. The van der Waals surface area contributed by atoms with Crippen LogP contribution in [0.5, 0.6) is 0 Å². The predicted octanol–water partition coefficient (Wildman–Crippen LogP) is 0.238. The fraction of sp³-hybridized carbons (Fsp3) is 0.417. The summed E-state index contributed by atoms with van der Waals surface area (Å²) in [4.78, 5) is 12.0. The van der Waals surface area contributed by atoms with Crippen molar-refractivity contribution in [3.63, 3.8) is 0 Å². The lowest BCUT2D eigenvalue weighted by Crippen LogP contribution is -2.32. The number of hydrogen-bond acceptors (Lipinski definition) is 6. The van der Waals surface area contributed by atoms with Crippen LogP contribution in [0.1, 0.15) is 23.7 Å². The van der Waals surface area contributed by atoms with E-state index in [1.54, 1.807) is 0 Å². The van der Waals surface area contributed by atoms with E-state index in [4.69, 9.17) is 5.73 Å². The first-order chi connectivity index (χ1) is 9.69. The molecule has 2 N–H and O–H groups in total. The number of benzene rings is 1. The standard InChI is InChI=1S/C12H16N2O5S2/c1-2-20(16,17)7-3-6-14-12(15)10-5-4-9(13)8-11(10)21(14,18)19/h4-5,8H,2-3,6-7,13H2,1H3. The summed E-state index contributed by atoms with van der Waals surface area (Å²) >= 11 is 0. The Bertz CT molecular complexity index is 784. The van der Waals surface area contributed by atoms with Gasteiger partial charge in [0.15, 0.2) is 0 Å². The number of fused-ring (bicyclic) bond motifs is 1. The number of carbonyl (C=O) groups is 1. The van der Waals surface area contributed by atoms with Crippen LogP contribution in [0.15, 0.2) is 23.1 Å². The molecule has 1 heterocycles. The van der Waals surface area contributed by atoms with Gasteiger partial charge in [0.05, 0.1) is 11.3 Å². The van der Waals surface area contributed by atoms with Crippen molar-refractivity contribution in [3.8, 4) is 0 Å². The van der Waals surface area contributed by atoms with Crippen molar-refractivity contribution in [2.75, 3.05) is 23.8 Å². The number of carbonyl (C=O) groups excluding carboxylic acids is 1. The van der Waals surface area contributed by atoms with Crippen molar-refractivity contribution in [3.05, 3.63) is 23.8 Å². The summed E-state index contributed by atoms with van der Waals surface area (Å²) in [5.41, 5.74) is 5.87. The smallest absolute Gasteiger partial charge is 0.269 e. The Hall–Kier alpha value is -1.61. The first-order valence-electron chi connectivity index (χ1n) is 6.36. The monoisotopic (exact) mass is 332 g/mol. The number of amides is 1. The van der Waals surface area contributed by atoms with Crippen LogP contribution in [0, 0.1) is 0 Å². The van der Waals surface area contributed by atoms with Crippen LogP contribution in [-0.4, -0.2) is 45.1 Å². The van der Waals surface area contributed by atoms with E-state index >= 15 is 0 Å². The van der Waals surface area contributed by atoms with Gasteiger partial charge in [0.2, 0.25) is 0 Å². The van der Waals surface area contributed by atoms with E-state index in [-0.39, 0.29) is 40.6 Å². The van der Waals surface area contributed by atoms with Crippen molar-refractivity contribution >= 4 is 31.5 Å². The highest BCUT2D eigenvalue weighted by Crippen LogP contribution is 2.31. The first kappa shape index (κ1) is 15.8. The molecule has 0 spiro atoms. The molecule has 21 heavy (non-hydrogen) atoms. The molecular weight excluding hydrogens is 316 g/mol. The van der Waals surface area contributed by atoms with E-state index in [1.807, 2.05) is 0 Å². The zero-order chi connectivity index (χ0) is 15.8. The van der Waals surface area contributed by atoms with E-state index in [0.29, 0.717) is 4.31 Å². The summed E-state index contributed by atoms with van der Waals surface area (Å²) in [5, 5.41) is 0. The Balaban J connectivity index is 2.22. The Labute approximate surface area is 123 Å². The topological polar surface area (TPSA) is 115 Å². The van der Waals surface area contributed by atoms with E-state index in [2.05, 4.69) is 0 Å². The summed E-state index contributed by atoms with van der Waals surface area (Å²) < 4.78 is 48.1. The van der Waals surface area contributed by atoms with Gasteiger partial charge in [-0.2, -0.15) is 0 Å². The number of sulfone groups is 1. The molecule has 0 bridgehead atoms. The average molecular weight is 332 g/mol. The fourth-order valence-corrected chi connectivity index (χ4v) is 4.58. The molecule has 0 unspecified atom stereocenters. The van der Waals surface area contributed by atoms with E-state index in [0.717, 1.165) is 0 Å². The van der Waals surface area contributed by atoms with Crippen LogP contribution in [0.4, 0.5) is 5.69 Å². The summed E-state index contributed by atoms with van der Waals surface area (Å²) in [5.74, 6) is -0.801. The minimum Gasteiger partial charge on any atom is -0.399 e. The largest absolute Gasteiger partial charge is 0.399 e. The third kappa shape index (κ3) is 2.88. The Morgan fingerprint density at radius 1 is 1.29 bits per heavy atom. The van der Waals surface area contributed by atoms with Gasteiger partial charge >= 0.3 is 0 Å². The highest BCUT2D eigenvalue weighted by molar-refractivity contribution is 7.91. The van der Waals surface area contributed by atoms with E-state index in [9.17, 15) is 21.6 Å². The zero-order valence-corrected chi connectivity index (χ0v) is 13.1. The molecule has 1 aliphatic rings. The van der Waals surface area contributed by atoms with Crippen LogP contribution in [-0.2, 0) is 19.9 Å². The van der Waals surface area contributed by atoms with E-state index < -0.39 is 25.8 Å². The van der Waals surface area contributed by atoms with E-state index in [1.165, 1.54) is 25.1 Å². The molecule has 1 aromatic carbocycles. The second kappa shape index (κ2) is 5.30. The van der Waals surface area contributed by atoms with Crippen molar-refractivity contribution in [2.24, 2.45) is 0 Å². The summed E-state index contributed by atoms with van der Waals surface area (Å²) in [6.45, 7) is 1.36. The normalized spacial score (nSPS) is 17.0. The van der Waals surface area contributed by atoms with Crippen LogP contribution in [0.2, 0.25) is 0 Å². The number of hydrogen-bond donors (Lipinski definition) is 1. The minimum atomic E-state index is -3.93. The zero-order valence-electron chi connectivity index (χ0n) is 11.4. The molecule has 0 fully saturated rings. The molecule has 7 nitrogen and oxygen atoms in total. The molecule has 1 aromatic rings. The number of sulfonamides is 1. The maximum absolute atomic E-state index is 12.3. The van der Waals surface area contributed by atoms with Crippen molar-refractivity contribution < 1.29 is 21.6 Å². The molecule has 1 amide bonds. The lowest BCUT2D eigenvalue weighted by atomic mass is 10.2. The third-order valence-corrected chi connectivity index (χ3v) is 6.90. The van der Waals surface area contributed by atoms with Gasteiger partial charge in [-0.05, 0) is 24.6 Å². The van der Waals surface area contributed by atoms with Gasteiger partial charge in [0.1, 0.15) is 14.7 Å². The molecule has 0 saturated heterocycles. The number of nitrogen functional groups attached to an aromatic ring is 1. The number of anilines is 1. The van der Waals surface area contributed by atoms with Gasteiger partial charge in [0, 0.05) is 18.0 Å². The molecule has 0 radical (unpaired) electrons. The SMILES string of the molecule is CCS(=O)(=O)CCCN1C(=O)c2ccc(N)cc2S1(=O)=O.